The van der Waals surface area contributed by atoms with Crippen LogP contribution in [0.5, 0.6) is 11.5 Å². The highest BCUT2D eigenvalue weighted by Gasteiger charge is 2.04. The highest BCUT2D eigenvalue weighted by atomic mass is 16.5. The minimum absolute atomic E-state index is 0.307. The Hall–Kier alpha value is -3.34. The van der Waals surface area contributed by atoms with E-state index in [1.807, 2.05) is 12.1 Å². The van der Waals surface area contributed by atoms with E-state index in [4.69, 9.17) is 13.9 Å². The topological polar surface area (TPSA) is 65.7 Å². The average molecular weight is 322 g/mol. The summed E-state index contributed by atoms with van der Waals surface area (Å²) >= 11 is 0. The fourth-order valence-electron chi connectivity index (χ4n) is 2.13. The fourth-order valence-corrected chi connectivity index (χ4v) is 2.13. The van der Waals surface area contributed by atoms with Crippen molar-refractivity contribution in [2.75, 3.05) is 7.11 Å². The molecule has 0 fully saturated rings. The first-order valence-electron chi connectivity index (χ1n) is 7.22. The number of fused-ring (bicyclic) bond motifs is 1. The van der Waals surface area contributed by atoms with Crippen molar-refractivity contribution < 1.29 is 18.7 Å². The third-order valence-electron chi connectivity index (χ3n) is 3.34. The molecule has 1 heterocycles. The van der Waals surface area contributed by atoms with Gasteiger partial charge in [-0.1, -0.05) is 12.1 Å². The minimum atomic E-state index is -0.525. The lowest BCUT2D eigenvalue weighted by molar-refractivity contribution is -0.128. The van der Waals surface area contributed by atoms with Crippen LogP contribution in [0.4, 0.5) is 0 Å². The second-order valence-electron chi connectivity index (χ2n) is 4.98. The molecule has 0 radical (unpaired) electrons. The first-order chi connectivity index (χ1) is 11.6. The van der Waals surface area contributed by atoms with Gasteiger partial charge >= 0.3 is 11.6 Å². The Morgan fingerprint density at radius 3 is 2.46 bits per heavy atom. The predicted molar refractivity (Wildman–Crippen MR) is 90.1 cm³/mol. The molecule has 0 saturated carbocycles. The molecule has 5 heteroatoms. The lowest BCUT2D eigenvalue weighted by Gasteiger charge is -2.02. The van der Waals surface area contributed by atoms with Crippen molar-refractivity contribution in [3.05, 3.63) is 76.7 Å². The minimum Gasteiger partial charge on any atom is -0.497 e. The fraction of sp³-hybridized carbons (Fsp3) is 0.0526. The van der Waals surface area contributed by atoms with Crippen LogP contribution in [0.25, 0.3) is 17.0 Å². The SMILES string of the molecule is COc1ccc(C=CC(=O)Oc2ccc3ccc(=O)oc3c2)cc1. The van der Waals surface area contributed by atoms with Gasteiger partial charge < -0.3 is 13.9 Å². The maximum atomic E-state index is 11.9. The van der Waals surface area contributed by atoms with Crippen LogP contribution >= 0.6 is 0 Å². The summed E-state index contributed by atoms with van der Waals surface area (Å²) < 4.78 is 15.3. The van der Waals surface area contributed by atoms with Gasteiger partial charge in [0.2, 0.25) is 0 Å². The Morgan fingerprint density at radius 2 is 1.71 bits per heavy atom. The molecule has 3 rings (SSSR count). The van der Waals surface area contributed by atoms with Crippen LogP contribution in [0.2, 0.25) is 0 Å². The van der Waals surface area contributed by atoms with E-state index in [0.29, 0.717) is 11.3 Å². The van der Waals surface area contributed by atoms with Crippen LogP contribution in [0.3, 0.4) is 0 Å². The van der Waals surface area contributed by atoms with Gasteiger partial charge in [-0.05, 0) is 42.0 Å². The highest BCUT2D eigenvalue weighted by Crippen LogP contribution is 2.20. The first kappa shape index (κ1) is 15.6. The Balaban J connectivity index is 1.71. The third kappa shape index (κ3) is 3.70. The zero-order chi connectivity index (χ0) is 16.9. The van der Waals surface area contributed by atoms with Crippen molar-refractivity contribution in [2.24, 2.45) is 0 Å². The summed E-state index contributed by atoms with van der Waals surface area (Å²) in [5, 5.41) is 0.753. The molecule has 5 nitrogen and oxygen atoms in total. The molecule has 0 saturated heterocycles. The number of methoxy groups -OCH3 is 1. The van der Waals surface area contributed by atoms with Crippen molar-refractivity contribution >= 4 is 23.0 Å². The van der Waals surface area contributed by atoms with Crippen LogP contribution < -0.4 is 15.1 Å². The van der Waals surface area contributed by atoms with Crippen molar-refractivity contribution in [2.45, 2.75) is 0 Å². The van der Waals surface area contributed by atoms with Gasteiger partial charge in [0.15, 0.2) is 0 Å². The van der Waals surface area contributed by atoms with Crippen molar-refractivity contribution in [1.82, 2.24) is 0 Å². The molecule has 2 aromatic carbocycles. The molecular formula is C19H14O5. The Bertz CT molecular complexity index is 951. The van der Waals surface area contributed by atoms with E-state index in [1.165, 1.54) is 18.2 Å². The molecule has 0 spiro atoms. The number of carbonyl (C=O) groups is 1. The standard InChI is InChI=1S/C19H14O5/c1-22-15-7-2-13(3-8-15)4-10-18(20)23-16-9-5-14-6-11-19(21)24-17(14)12-16/h2-12H,1H3. The number of hydrogen-bond acceptors (Lipinski definition) is 5. The van der Waals surface area contributed by atoms with Gasteiger partial charge in [-0.15, -0.1) is 0 Å². The van der Waals surface area contributed by atoms with E-state index in [-0.39, 0.29) is 0 Å². The van der Waals surface area contributed by atoms with Crippen LogP contribution in [0.1, 0.15) is 5.56 Å². The van der Waals surface area contributed by atoms with Gasteiger partial charge in [-0.3, -0.25) is 0 Å². The van der Waals surface area contributed by atoms with E-state index in [0.717, 1.165) is 16.7 Å². The summed E-state index contributed by atoms with van der Waals surface area (Å²) in [5.74, 6) is 0.525. The van der Waals surface area contributed by atoms with Crippen LogP contribution in [0, 0.1) is 0 Å². The summed E-state index contributed by atoms with van der Waals surface area (Å²) in [5.41, 5.74) is 0.759. The molecule has 120 valence electrons. The molecule has 0 atom stereocenters. The Labute approximate surface area is 137 Å². The van der Waals surface area contributed by atoms with Gasteiger partial charge in [0.25, 0.3) is 0 Å². The maximum Gasteiger partial charge on any atom is 0.336 e. The maximum absolute atomic E-state index is 11.9. The zero-order valence-electron chi connectivity index (χ0n) is 12.9. The number of ether oxygens (including phenoxy) is 2. The van der Waals surface area contributed by atoms with Crippen molar-refractivity contribution in [3.63, 3.8) is 0 Å². The number of rotatable bonds is 4. The number of esters is 1. The molecule has 0 aliphatic rings. The number of benzene rings is 2. The predicted octanol–water partition coefficient (Wildman–Crippen LogP) is 3.42. The van der Waals surface area contributed by atoms with Crippen molar-refractivity contribution in [3.8, 4) is 11.5 Å². The molecule has 0 unspecified atom stereocenters. The number of hydrogen-bond donors (Lipinski definition) is 0. The van der Waals surface area contributed by atoms with E-state index >= 15 is 0 Å². The van der Waals surface area contributed by atoms with Gasteiger partial charge in [0.1, 0.15) is 17.1 Å². The lowest BCUT2D eigenvalue weighted by Crippen LogP contribution is -2.03. The Morgan fingerprint density at radius 1 is 1.00 bits per heavy atom. The summed E-state index contributed by atoms with van der Waals surface area (Å²) in [6, 6.07) is 15.1. The molecule has 24 heavy (non-hydrogen) atoms. The monoisotopic (exact) mass is 322 g/mol. The summed E-state index contributed by atoms with van der Waals surface area (Å²) in [4.78, 5) is 23.1. The molecule has 1 aromatic heterocycles. The quantitative estimate of drug-likeness (QED) is 0.319. The summed E-state index contributed by atoms with van der Waals surface area (Å²) in [6.45, 7) is 0. The van der Waals surface area contributed by atoms with E-state index in [9.17, 15) is 9.59 Å². The van der Waals surface area contributed by atoms with E-state index in [2.05, 4.69) is 0 Å². The van der Waals surface area contributed by atoms with Gasteiger partial charge in [-0.25, -0.2) is 9.59 Å². The van der Waals surface area contributed by atoms with Crippen molar-refractivity contribution in [1.29, 1.82) is 0 Å². The lowest BCUT2D eigenvalue weighted by atomic mass is 10.2. The normalized spacial score (nSPS) is 10.9. The van der Waals surface area contributed by atoms with Gasteiger partial charge in [0, 0.05) is 23.6 Å². The average Bonchev–Trinajstić information content (AvgIpc) is 2.60. The Kier molecular flexibility index (Phi) is 4.43. The van der Waals surface area contributed by atoms with Crippen LogP contribution in [-0.4, -0.2) is 13.1 Å². The largest absolute Gasteiger partial charge is 0.497 e. The molecule has 0 bridgehead atoms. The number of carbonyl (C=O) groups excluding carboxylic acids is 1. The zero-order valence-corrected chi connectivity index (χ0v) is 12.9. The molecule has 0 amide bonds. The third-order valence-corrected chi connectivity index (χ3v) is 3.34. The van der Waals surface area contributed by atoms with Gasteiger partial charge in [-0.2, -0.15) is 0 Å². The van der Waals surface area contributed by atoms with Gasteiger partial charge in [0.05, 0.1) is 7.11 Å². The second kappa shape index (κ2) is 6.83. The molecular weight excluding hydrogens is 308 g/mol. The van der Waals surface area contributed by atoms with Crippen LogP contribution in [-0.2, 0) is 4.79 Å². The molecule has 0 aliphatic heterocycles. The summed E-state index contributed by atoms with van der Waals surface area (Å²) in [6.07, 6.45) is 2.97. The van der Waals surface area contributed by atoms with E-state index in [1.54, 1.807) is 43.5 Å². The molecule has 0 aliphatic carbocycles. The first-order valence-corrected chi connectivity index (χ1v) is 7.22. The van der Waals surface area contributed by atoms with E-state index < -0.39 is 11.6 Å². The smallest absolute Gasteiger partial charge is 0.336 e. The highest BCUT2D eigenvalue weighted by molar-refractivity contribution is 5.89. The second-order valence-corrected chi connectivity index (χ2v) is 4.98. The molecule has 0 N–H and O–H groups in total. The summed E-state index contributed by atoms with van der Waals surface area (Å²) in [7, 11) is 1.59. The van der Waals surface area contributed by atoms with Crippen LogP contribution in [0.15, 0.2) is 69.9 Å². The molecule has 3 aromatic rings.